The van der Waals surface area contributed by atoms with Crippen molar-refractivity contribution in [3.63, 3.8) is 0 Å². The largest absolute Gasteiger partial charge is 0.506 e. The number of nitrogens with one attached hydrogen (secondary N) is 1. The summed E-state index contributed by atoms with van der Waals surface area (Å²) >= 11 is 0. The molecule has 3 aromatic rings. The summed E-state index contributed by atoms with van der Waals surface area (Å²) in [5.74, 6) is -0.821. The molecule has 0 bridgehead atoms. The number of fused-ring (bicyclic) bond motifs is 2. The lowest BCUT2D eigenvalue weighted by Gasteiger charge is -2.11. The molecule has 24 heavy (non-hydrogen) atoms. The number of rotatable bonds is 0. The molecule has 0 atom stereocenters. The SMILES string of the molecule is O=c1c2cc(C(F)(F)F)ccc2[nH]c2c(O)cc(C(F)(F)F)cc12. The van der Waals surface area contributed by atoms with Gasteiger partial charge in [-0.3, -0.25) is 4.79 Å². The van der Waals surface area contributed by atoms with Crippen molar-refractivity contribution in [1.82, 2.24) is 4.98 Å². The fourth-order valence-electron chi connectivity index (χ4n) is 2.40. The van der Waals surface area contributed by atoms with Gasteiger partial charge in [0, 0.05) is 10.9 Å². The van der Waals surface area contributed by atoms with E-state index in [2.05, 4.69) is 4.98 Å². The topological polar surface area (TPSA) is 53.1 Å². The van der Waals surface area contributed by atoms with Gasteiger partial charge in [0.15, 0.2) is 5.43 Å². The van der Waals surface area contributed by atoms with E-state index in [1.165, 1.54) is 0 Å². The molecule has 0 saturated heterocycles. The van der Waals surface area contributed by atoms with Crippen LogP contribution in [0.5, 0.6) is 5.75 Å². The lowest BCUT2D eigenvalue weighted by atomic mass is 10.0. The fourth-order valence-corrected chi connectivity index (χ4v) is 2.40. The van der Waals surface area contributed by atoms with Crippen LogP contribution >= 0.6 is 0 Å². The monoisotopic (exact) mass is 347 g/mol. The second-order valence-electron chi connectivity index (χ2n) is 5.13. The molecule has 0 saturated carbocycles. The molecule has 3 nitrogen and oxygen atoms in total. The Morgan fingerprint density at radius 1 is 0.833 bits per heavy atom. The zero-order valence-corrected chi connectivity index (χ0v) is 11.5. The van der Waals surface area contributed by atoms with Crippen molar-refractivity contribution in [1.29, 1.82) is 0 Å². The predicted octanol–water partition coefficient (Wildman–Crippen LogP) is 4.42. The average molecular weight is 347 g/mol. The van der Waals surface area contributed by atoms with Crippen molar-refractivity contribution in [2.45, 2.75) is 12.4 Å². The van der Waals surface area contributed by atoms with Gasteiger partial charge in [-0.1, -0.05) is 0 Å². The molecular weight excluding hydrogens is 340 g/mol. The second-order valence-corrected chi connectivity index (χ2v) is 5.13. The van der Waals surface area contributed by atoms with Crippen LogP contribution in [0.3, 0.4) is 0 Å². The van der Waals surface area contributed by atoms with Crippen molar-refractivity contribution in [3.8, 4) is 5.75 Å². The van der Waals surface area contributed by atoms with Gasteiger partial charge in [-0.05, 0) is 30.3 Å². The molecule has 0 amide bonds. The number of phenolic OH excluding ortho intramolecular Hbond substituents is 1. The molecule has 3 rings (SSSR count). The van der Waals surface area contributed by atoms with Crippen LogP contribution in [0.2, 0.25) is 0 Å². The Kier molecular flexibility index (Phi) is 3.29. The van der Waals surface area contributed by atoms with Crippen molar-refractivity contribution in [2.24, 2.45) is 0 Å². The number of aromatic amines is 1. The summed E-state index contributed by atoms with van der Waals surface area (Å²) in [4.78, 5) is 14.8. The third kappa shape index (κ3) is 2.55. The number of hydrogen-bond acceptors (Lipinski definition) is 2. The molecule has 2 N–H and O–H groups in total. The second kappa shape index (κ2) is 4.89. The van der Waals surface area contributed by atoms with Crippen LogP contribution in [0, 0.1) is 0 Å². The summed E-state index contributed by atoms with van der Waals surface area (Å²) in [6.07, 6.45) is -9.52. The van der Waals surface area contributed by atoms with Gasteiger partial charge in [0.2, 0.25) is 0 Å². The number of aromatic hydroxyl groups is 1. The number of H-pyrrole nitrogens is 1. The highest BCUT2D eigenvalue weighted by Gasteiger charge is 2.33. The minimum Gasteiger partial charge on any atom is -0.506 e. The van der Waals surface area contributed by atoms with Gasteiger partial charge in [0.1, 0.15) is 5.75 Å². The van der Waals surface area contributed by atoms with E-state index in [0.717, 1.165) is 12.1 Å². The Morgan fingerprint density at radius 2 is 1.42 bits per heavy atom. The van der Waals surface area contributed by atoms with E-state index in [0.29, 0.717) is 18.2 Å². The summed E-state index contributed by atoms with van der Waals surface area (Å²) in [6.45, 7) is 0. The van der Waals surface area contributed by atoms with Gasteiger partial charge < -0.3 is 10.1 Å². The van der Waals surface area contributed by atoms with Crippen LogP contribution < -0.4 is 5.43 Å². The summed E-state index contributed by atoms with van der Waals surface area (Å²) in [7, 11) is 0. The van der Waals surface area contributed by atoms with Gasteiger partial charge >= 0.3 is 12.4 Å². The van der Waals surface area contributed by atoms with E-state index in [1.54, 1.807) is 0 Å². The first-order valence-corrected chi connectivity index (χ1v) is 6.45. The van der Waals surface area contributed by atoms with Crippen LogP contribution in [0.15, 0.2) is 35.1 Å². The first-order chi connectivity index (χ1) is 11.0. The number of pyridine rings is 1. The van der Waals surface area contributed by atoms with Gasteiger partial charge in [0.05, 0.1) is 22.0 Å². The quantitative estimate of drug-likeness (QED) is 0.467. The molecule has 0 spiro atoms. The van der Waals surface area contributed by atoms with E-state index in [1.807, 2.05) is 0 Å². The molecular formula is C15H7F6NO2. The van der Waals surface area contributed by atoms with Gasteiger partial charge in [-0.25, -0.2) is 0 Å². The maximum absolute atomic E-state index is 12.8. The third-order valence-electron chi connectivity index (χ3n) is 3.54. The van der Waals surface area contributed by atoms with Crippen LogP contribution in [0.25, 0.3) is 21.8 Å². The molecule has 0 aliphatic carbocycles. The first kappa shape index (κ1) is 16.2. The first-order valence-electron chi connectivity index (χ1n) is 6.45. The van der Waals surface area contributed by atoms with Gasteiger partial charge in [-0.2, -0.15) is 26.3 Å². The molecule has 126 valence electrons. The minimum atomic E-state index is -4.82. The lowest BCUT2D eigenvalue weighted by Crippen LogP contribution is -2.11. The fraction of sp³-hybridized carbons (Fsp3) is 0.133. The molecule has 9 heteroatoms. The van der Waals surface area contributed by atoms with Crippen LogP contribution in [0.4, 0.5) is 26.3 Å². The van der Waals surface area contributed by atoms with E-state index in [9.17, 15) is 36.2 Å². The Morgan fingerprint density at radius 3 is 2.00 bits per heavy atom. The third-order valence-corrected chi connectivity index (χ3v) is 3.54. The maximum Gasteiger partial charge on any atom is 0.416 e. The molecule has 0 aliphatic heterocycles. The average Bonchev–Trinajstić information content (AvgIpc) is 2.46. The van der Waals surface area contributed by atoms with Crippen LogP contribution in [-0.4, -0.2) is 10.1 Å². The van der Waals surface area contributed by atoms with E-state index in [-0.39, 0.29) is 11.0 Å². The molecule has 2 aromatic carbocycles. The van der Waals surface area contributed by atoms with Crippen LogP contribution in [-0.2, 0) is 12.4 Å². The molecule has 1 heterocycles. The van der Waals surface area contributed by atoms with Crippen LogP contribution in [0.1, 0.15) is 11.1 Å². The van der Waals surface area contributed by atoms with E-state index in [4.69, 9.17) is 0 Å². The standard InChI is InChI=1S/C15H7F6NO2/c16-14(17,18)6-1-2-10-8(3-6)13(24)9-4-7(15(19,20)21)5-11(23)12(9)22-10/h1-5,23H,(H,22,24). The Hall–Kier alpha value is -2.71. The van der Waals surface area contributed by atoms with E-state index >= 15 is 0 Å². The molecule has 0 unspecified atom stereocenters. The highest BCUT2D eigenvalue weighted by Crippen LogP contribution is 2.36. The van der Waals surface area contributed by atoms with Gasteiger partial charge in [-0.15, -0.1) is 0 Å². The van der Waals surface area contributed by atoms with Crippen molar-refractivity contribution < 1.29 is 31.4 Å². The van der Waals surface area contributed by atoms with Crippen molar-refractivity contribution >= 4 is 21.8 Å². The number of alkyl halides is 6. The normalized spacial score (nSPS) is 12.9. The Labute approximate surface area is 129 Å². The number of phenols is 1. The zero-order valence-electron chi connectivity index (χ0n) is 11.5. The summed E-state index contributed by atoms with van der Waals surface area (Å²) in [5, 5.41) is 8.77. The Balaban J connectivity index is 2.42. The Bertz CT molecular complexity index is 1020. The maximum atomic E-state index is 12.8. The van der Waals surface area contributed by atoms with E-state index < -0.39 is 45.4 Å². The number of halogens is 6. The molecule has 0 fully saturated rings. The zero-order chi connectivity index (χ0) is 17.9. The molecule has 0 aliphatic rings. The summed E-state index contributed by atoms with van der Waals surface area (Å²) < 4.78 is 76.6. The summed E-state index contributed by atoms with van der Waals surface area (Å²) in [5.41, 5.74) is -3.72. The van der Waals surface area contributed by atoms with Gasteiger partial charge in [0.25, 0.3) is 0 Å². The highest BCUT2D eigenvalue weighted by atomic mass is 19.4. The smallest absolute Gasteiger partial charge is 0.416 e. The predicted molar refractivity (Wildman–Crippen MR) is 73.7 cm³/mol. The number of hydrogen-bond donors (Lipinski definition) is 2. The highest BCUT2D eigenvalue weighted by molar-refractivity contribution is 5.95. The lowest BCUT2D eigenvalue weighted by molar-refractivity contribution is -0.138. The minimum absolute atomic E-state index is 0.0319. The molecule has 1 aromatic heterocycles. The number of benzene rings is 2. The summed E-state index contributed by atoms with van der Waals surface area (Å²) in [6, 6.07) is 3.20. The van der Waals surface area contributed by atoms with Crippen molar-refractivity contribution in [2.75, 3.05) is 0 Å². The number of aromatic nitrogens is 1. The van der Waals surface area contributed by atoms with Crippen molar-refractivity contribution in [3.05, 3.63) is 51.7 Å². The molecule has 0 radical (unpaired) electrons.